The molecule has 0 bridgehead atoms. The summed E-state index contributed by atoms with van der Waals surface area (Å²) in [7, 11) is 0. The number of halogens is 3. The van der Waals surface area contributed by atoms with Crippen LogP contribution in [0.3, 0.4) is 0 Å². The first-order valence-corrected chi connectivity index (χ1v) is 7.75. The lowest BCUT2D eigenvalue weighted by Crippen LogP contribution is -1.97. The fourth-order valence-electron chi connectivity index (χ4n) is 1.80. The summed E-state index contributed by atoms with van der Waals surface area (Å²) in [5.41, 5.74) is 5.70. The monoisotopic (exact) mass is 359 g/mol. The molecule has 0 aliphatic carbocycles. The first-order chi connectivity index (χ1) is 9.94. The highest BCUT2D eigenvalue weighted by molar-refractivity contribution is 7.18. The van der Waals surface area contributed by atoms with Gasteiger partial charge < -0.3 is 10.5 Å². The second kappa shape index (κ2) is 5.50. The number of aryl methyl sites for hydroxylation is 1. The maximum Gasteiger partial charge on any atom is 0.232 e. The summed E-state index contributed by atoms with van der Waals surface area (Å²) in [6.45, 7) is 1.97. The Morgan fingerprint density at radius 2 is 1.76 bits per heavy atom. The van der Waals surface area contributed by atoms with Crippen molar-refractivity contribution in [2.45, 2.75) is 6.92 Å². The van der Waals surface area contributed by atoms with Crippen molar-refractivity contribution in [2.75, 3.05) is 5.73 Å². The molecule has 1 aromatic carbocycles. The highest BCUT2D eigenvalue weighted by Gasteiger charge is 2.14. The van der Waals surface area contributed by atoms with Gasteiger partial charge in [-0.25, -0.2) is 4.98 Å². The zero-order valence-corrected chi connectivity index (χ0v) is 13.7. The van der Waals surface area contributed by atoms with E-state index in [2.05, 4.69) is 9.97 Å². The number of nitrogen functional groups attached to an aromatic ring is 1. The third kappa shape index (κ3) is 2.87. The van der Waals surface area contributed by atoms with Gasteiger partial charge in [-0.15, -0.1) is 11.3 Å². The van der Waals surface area contributed by atoms with Crippen LogP contribution in [0.1, 0.15) is 4.88 Å². The van der Waals surface area contributed by atoms with Crippen LogP contribution in [0.4, 0.5) is 5.95 Å². The van der Waals surface area contributed by atoms with Crippen molar-refractivity contribution in [1.82, 2.24) is 9.97 Å². The molecular formula is C13H8Cl3N3OS. The zero-order valence-electron chi connectivity index (χ0n) is 10.7. The van der Waals surface area contributed by atoms with Crippen molar-refractivity contribution in [2.24, 2.45) is 0 Å². The molecule has 8 heteroatoms. The van der Waals surface area contributed by atoms with Crippen molar-refractivity contribution in [3.8, 4) is 11.6 Å². The van der Waals surface area contributed by atoms with E-state index in [4.69, 9.17) is 45.3 Å². The van der Waals surface area contributed by atoms with Gasteiger partial charge in [-0.3, -0.25) is 0 Å². The Morgan fingerprint density at radius 3 is 2.52 bits per heavy atom. The van der Waals surface area contributed by atoms with E-state index in [1.165, 1.54) is 23.5 Å². The molecule has 3 rings (SSSR count). The average molecular weight is 361 g/mol. The van der Waals surface area contributed by atoms with E-state index in [-0.39, 0.29) is 5.95 Å². The minimum Gasteiger partial charge on any atom is -0.437 e. The fourth-order valence-corrected chi connectivity index (χ4v) is 3.25. The largest absolute Gasteiger partial charge is 0.437 e. The summed E-state index contributed by atoms with van der Waals surface area (Å²) >= 11 is 19.5. The fraction of sp³-hybridized carbons (Fsp3) is 0.0769. The lowest BCUT2D eigenvalue weighted by Gasteiger charge is -2.09. The van der Waals surface area contributed by atoms with E-state index in [9.17, 15) is 0 Å². The van der Waals surface area contributed by atoms with Gasteiger partial charge in [-0.1, -0.05) is 34.8 Å². The number of thiophene rings is 1. The number of nitrogens with zero attached hydrogens (tertiary/aromatic N) is 2. The number of aromatic nitrogens is 2. The molecule has 108 valence electrons. The molecule has 0 fully saturated rings. The molecule has 0 spiro atoms. The summed E-state index contributed by atoms with van der Waals surface area (Å²) in [6.07, 6.45) is 0. The van der Waals surface area contributed by atoms with Gasteiger partial charge in [0, 0.05) is 10.9 Å². The Morgan fingerprint density at radius 1 is 1.05 bits per heavy atom. The van der Waals surface area contributed by atoms with E-state index < -0.39 is 0 Å². The van der Waals surface area contributed by atoms with Crippen LogP contribution in [0, 0.1) is 6.92 Å². The van der Waals surface area contributed by atoms with Crippen molar-refractivity contribution in [3.05, 3.63) is 38.1 Å². The highest BCUT2D eigenvalue weighted by Crippen LogP contribution is 2.38. The van der Waals surface area contributed by atoms with Gasteiger partial charge in [0.2, 0.25) is 11.8 Å². The Kier molecular flexibility index (Phi) is 3.84. The smallest absolute Gasteiger partial charge is 0.232 e. The Balaban J connectivity index is 2.11. The topological polar surface area (TPSA) is 61.0 Å². The lowest BCUT2D eigenvalue weighted by molar-refractivity contribution is 0.469. The minimum absolute atomic E-state index is 0.135. The Hall–Kier alpha value is -1.27. The van der Waals surface area contributed by atoms with Crippen LogP contribution >= 0.6 is 46.1 Å². The van der Waals surface area contributed by atoms with Gasteiger partial charge in [0.1, 0.15) is 10.6 Å². The van der Waals surface area contributed by atoms with Crippen molar-refractivity contribution in [3.63, 3.8) is 0 Å². The normalized spacial score (nSPS) is 11.0. The number of hydrogen-bond acceptors (Lipinski definition) is 5. The number of benzene rings is 1. The van der Waals surface area contributed by atoms with E-state index in [0.717, 1.165) is 15.1 Å². The minimum atomic E-state index is 0.135. The van der Waals surface area contributed by atoms with Crippen molar-refractivity contribution >= 4 is 62.3 Å². The molecule has 0 radical (unpaired) electrons. The first-order valence-electron chi connectivity index (χ1n) is 5.80. The summed E-state index contributed by atoms with van der Waals surface area (Å²) in [6, 6.07) is 4.98. The van der Waals surface area contributed by atoms with Gasteiger partial charge in [-0.05, 0) is 19.1 Å². The number of rotatable bonds is 2. The van der Waals surface area contributed by atoms with E-state index >= 15 is 0 Å². The van der Waals surface area contributed by atoms with E-state index in [0.29, 0.717) is 26.7 Å². The second-order valence-corrected chi connectivity index (χ2v) is 6.72. The standard InChI is InChI=1S/C13H8Cl3N3OS/c1-5-2-6-11(18-13(17)19-12(6)21-5)20-10-4-8(15)7(14)3-9(10)16/h2-4H,1H3,(H2,17,18,19). The summed E-state index contributed by atoms with van der Waals surface area (Å²) in [5, 5.41) is 1.80. The van der Waals surface area contributed by atoms with Crippen LogP contribution in [0.25, 0.3) is 10.2 Å². The molecule has 3 aromatic rings. The van der Waals surface area contributed by atoms with Crippen molar-refractivity contribution in [1.29, 1.82) is 0 Å². The van der Waals surface area contributed by atoms with E-state index in [1.807, 2.05) is 13.0 Å². The van der Waals surface area contributed by atoms with Crippen LogP contribution in [-0.2, 0) is 0 Å². The zero-order chi connectivity index (χ0) is 15.1. The molecule has 21 heavy (non-hydrogen) atoms. The number of nitrogens with two attached hydrogens (primary N) is 1. The summed E-state index contributed by atoms with van der Waals surface area (Å²) in [4.78, 5) is 10.1. The lowest BCUT2D eigenvalue weighted by atomic mass is 10.3. The molecule has 2 aromatic heterocycles. The van der Waals surface area contributed by atoms with E-state index in [1.54, 1.807) is 0 Å². The molecule has 4 nitrogen and oxygen atoms in total. The molecule has 0 aliphatic rings. The highest BCUT2D eigenvalue weighted by atomic mass is 35.5. The average Bonchev–Trinajstić information content (AvgIpc) is 2.76. The van der Waals surface area contributed by atoms with Gasteiger partial charge in [0.15, 0.2) is 0 Å². The quantitative estimate of drug-likeness (QED) is 0.627. The van der Waals surface area contributed by atoms with Gasteiger partial charge in [0.25, 0.3) is 0 Å². The Bertz CT molecular complexity index is 850. The molecule has 0 aliphatic heterocycles. The summed E-state index contributed by atoms with van der Waals surface area (Å²) < 4.78 is 5.75. The third-order valence-corrected chi connectivity index (χ3v) is 4.64. The van der Waals surface area contributed by atoms with Gasteiger partial charge in [0.05, 0.1) is 20.5 Å². The molecule has 0 atom stereocenters. The number of ether oxygens (including phenoxy) is 1. The van der Waals surface area contributed by atoms with Crippen LogP contribution in [0.2, 0.25) is 15.1 Å². The molecule has 0 amide bonds. The van der Waals surface area contributed by atoms with Crippen LogP contribution in [-0.4, -0.2) is 9.97 Å². The summed E-state index contributed by atoms with van der Waals surface area (Å²) in [5.74, 6) is 0.826. The molecule has 0 unspecified atom stereocenters. The van der Waals surface area contributed by atoms with Gasteiger partial charge in [-0.2, -0.15) is 4.98 Å². The molecule has 2 N–H and O–H groups in total. The van der Waals surface area contributed by atoms with Gasteiger partial charge >= 0.3 is 0 Å². The molecule has 2 heterocycles. The molecule has 0 saturated heterocycles. The molecular weight excluding hydrogens is 353 g/mol. The van der Waals surface area contributed by atoms with Crippen LogP contribution in [0.15, 0.2) is 18.2 Å². The number of hydrogen-bond donors (Lipinski definition) is 1. The third-order valence-electron chi connectivity index (χ3n) is 2.68. The molecule has 0 saturated carbocycles. The van der Waals surface area contributed by atoms with Crippen molar-refractivity contribution < 1.29 is 4.74 Å². The SMILES string of the molecule is Cc1cc2c(Oc3cc(Cl)c(Cl)cc3Cl)nc(N)nc2s1. The maximum atomic E-state index is 6.11. The first kappa shape index (κ1) is 14.7. The second-order valence-electron chi connectivity index (χ2n) is 4.26. The van der Waals surface area contributed by atoms with Crippen LogP contribution in [0.5, 0.6) is 11.6 Å². The predicted octanol–water partition coefficient (Wildman–Crippen LogP) is 5.33. The Labute approximate surface area is 139 Å². The number of fused-ring (bicyclic) bond motifs is 1. The maximum absolute atomic E-state index is 6.11. The number of anilines is 1. The predicted molar refractivity (Wildman–Crippen MR) is 88.1 cm³/mol. The van der Waals surface area contributed by atoms with Crippen LogP contribution < -0.4 is 10.5 Å².